The Kier molecular flexibility index (Phi) is 4.59. The first-order chi connectivity index (χ1) is 10.0. The van der Waals surface area contributed by atoms with Crippen LogP contribution >= 0.6 is 0 Å². The van der Waals surface area contributed by atoms with Crippen LogP contribution in [0.15, 0.2) is 24.3 Å². The third-order valence-corrected chi connectivity index (χ3v) is 4.17. The maximum atomic E-state index is 12.3. The van der Waals surface area contributed by atoms with Crippen LogP contribution in [0.4, 0.5) is 5.69 Å². The second-order valence-electron chi connectivity index (χ2n) is 5.48. The number of carboxylic acid groups (broad SMARTS) is 1. The minimum Gasteiger partial charge on any atom is -0.481 e. The smallest absolute Gasteiger partial charge is 0.307 e. The highest BCUT2D eigenvalue weighted by atomic mass is 16.4. The van der Waals surface area contributed by atoms with Gasteiger partial charge in [0.1, 0.15) is 0 Å². The van der Waals surface area contributed by atoms with E-state index in [1.54, 1.807) is 24.3 Å². The average Bonchev–Trinajstić information content (AvgIpc) is 2.92. The first-order valence-corrected chi connectivity index (χ1v) is 7.09. The van der Waals surface area contributed by atoms with Crippen LogP contribution in [-0.4, -0.2) is 17.0 Å². The van der Waals surface area contributed by atoms with Crippen molar-refractivity contribution in [3.05, 3.63) is 29.8 Å². The van der Waals surface area contributed by atoms with Crippen molar-refractivity contribution in [3.8, 4) is 6.07 Å². The van der Waals surface area contributed by atoms with Crippen LogP contribution in [-0.2, 0) is 9.59 Å². The Morgan fingerprint density at radius 3 is 2.43 bits per heavy atom. The standard InChI is InChI=1S/C16H18N2O3/c1-2-10-7-13(14(8-10)16(20)21)15(19)18-12-5-3-11(9-17)4-6-12/h3-6,10,13-14H,2,7-8H2,1H3,(H,18,19)(H,20,21). The van der Waals surface area contributed by atoms with Crippen LogP contribution < -0.4 is 5.32 Å². The molecule has 3 unspecified atom stereocenters. The monoisotopic (exact) mass is 286 g/mol. The Morgan fingerprint density at radius 2 is 1.90 bits per heavy atom. The zero-order valence-electron chi connectivity index (χ0n) is 11.9. The van der Waals surface area contributed by atoms with E-state index < -0.39 is 17.8 Å². The number of aliphatic carboxylic acids is 1. The van der Waals surface area contributed by atoms with Gasteiger partial charge in [-0.1, -0.05) is 13.3 Å². The summed E-state index contributed by atoms with van der Waals surface area (Å²) >= 11 is 0. The number of hydrogen-bond donors (Lipinski definition) is 2. The number of nitrogens with one attached hydrogen (secondary N) is 1. The molecule has 1 aliphatic rings. The van der Waals surface area contributed by atoms with E-state index in [1.165, 1.54) is 0 Å². The van der Waals surface area contributed by atoms with E-state index >= 15 is 0 Å². The van der Waals surface area contributed by atoms with E-state index in [1.807, 2.05) is 13.0 Å². The molecular weight excluding hydrogens is 268 g/mol. The Labute approximate surface area is 123 Å². The van der Waals surface area contributed by atoms with Crippen LogP contribution in [0.1, 0.15) is 31.7 Å². The van der Waals surface area contributed by atoms with Crippen molar-refractivity contribution in [2.24, 2.45) is 17.8 Å². The molecule has 0 heterocycles. The van der Waals surface area contributed by atoms with Gasteiger partial charge in [0.15, 0.2) is 0 Å². The molecule has 0 aromatic heterocycles. The maximum absolute atomic E-state index is 12.3. The lowest BCUT2D eigenvalue weighted by molar-refractivity contribution is -0.145. The Balaban J connectivity index is 2.07. The largest absolute Gasteiger partial charge is 0.481 e. The molecule has 1 aromatic carbocycles. The second kappa shape index (κ2) is 6.40. The molecule has 5 heteroatoms. The number of nitriles is 1. The van der Waals surface area contributed by atoms with Crippen molar-refractivity contribution in [1.82, 2.24) is 0 Å². The van der Waals surface area contributed by atoms with E-state index in [0.717, 1.165) is 6.42 Å². The molecule has 5 nitrogen and oxygen atoms in total. The summed E-state index contributed by atoms with van der Waals surface area (Å²) in [6.45, 7) is 2.02. The number of rotatable bonds is 4. The van der Waals surface area contributed by atoms with Crippen LogP contribution in [0, 0.1) is 29.1 Å². The van der Waals surface area contributed by atoms with Crippen molar-refractivity contribution < 1.29 is 14.7 Å². The summed E-state index contributed by atoms with van der Waals surface area (Å²) in [5, 5.41) is 20.7. The number of carbonyl (C=O) groups is 2. The van der Waals surface area contributed by atoms with E-state index in [4.69, 9.17) is 5.26 Å². The molecule has 21 heavy (non-hydrogen) atoms. The Bertz CT molecular complexity index is 574. The summed E-state index contributed by atoms with van der Waals surface area (Å²) in [4.78, 5) is 23.6. The first kappa shape index (κ1) is 15.0. The quantitative estimate of drug-likeness (QED) is 0.890. The number of nitrogens with zero attached hydrogens (tertiary/aromatic N) is 1. The zero-order valence-corrected chi connectivity index (χ0v) is 11.9. The minimum absolute atomic E-state index is 0.247. The average molecular weight is 286 g/mol. The molecule has 110 valence electrons. The third-order valence-electron chi connectivity index (χ3n) is 4.17. The summed E-state index contributed by atoms with van der Waals surface area (Å²) in [5.74, 6) is -1.94. The predicted octanol–water partition coefficient (Wildman–Crippen LogP) is 2.63. The molecule has 2 N–H and O–H groups in total. The number of carbonyl (C=O) groups excluding carboxylic acids is 1. The highest BCUT2D eigenvalue weighted by Crippen LogP contribution is 2.39. The van der Waals surface area contributed by atoms with Gasteiger partial charge in [0.05, 0.1) is 23.5 Å². The SMILES string of the molecule is CCC1CC(C(=O)O)C(C(=O)Nc2ccc(C#N)cc2)C1. The lowest BCUT2D eigenvalue weighted by Gasteiger charge is -2.15. The molecule has 1 aromatic rings. The zero-order chi connectivity index (χ0) is 15.4. The fraction of sp³-hybridized carbons (Fsp3) is 0.438. The van der Waals surface area contributed by atoms with E-state index in [-0.39, 0.29) is 5.91 Å². The molecule has 2 rings (SSSR count). The van der Waals surface area contributed by atoms with Gasteiger partial charge < -0.3 is 10.4 Å². The van der Waals surface area contributed by atoms with E-state index in [2.05, 4.69) is 5.32 Å². The Morgan fingerprint density at radius 1 is 1.29 bits per heavy atom. The number of benzene rings is 1. The minimum atomic E-state index is -0.897. The molecule has 1 aliphatic carbocycles. The number of carboxylic acids is 1. The van der Waals surface area contributed by atoms with Gasteiger partial charge in [0, 0.05) is 5.69 Å². The summed E-state index contributed by atoms with van der Waals surface area (Å²) < 4.78 is 0. The van der Waals surface area contributed by atoms with Gasteiger partial charge in [-0.3, -0.25) is 9.59 Å². The lowest BCUT2D eigenvalue weighted by atomic mass is 9.95. The van der Waals surface area contributed by atoms with Crippen molar-refractivity contribution >= 4 is 17.6 Å². The van der Waals surface area contributed by atoms with Crippen LogP contribution in [0.3, 0.4) is 0 Å². The van der Waals surface area contributed by atoms with Crippen molar-refractivity contribution in [3.63, 3.8) is 0 Å². The van der Waals surface area contributed by atoms with E-state index in [0.29, 0.717) is 30.0 Å². The molecule has 0 radical (unpaired) electrons. The lowest BCUT2D eigenvalue weighted by Crippen LogP contribution is -2.29. The Hall–Kier alpha value is -2.35. The summed E-state index contributed by atoms with van der Waals surface area (Å²) in [6.07, 6.45) is 2.08. The first-order valence-electron chi connectivity index (χ1n) is 7.09. The summed E-state index contributed by atoms with van der Waals surface area (Å²) in [5.41, 5.74) is 1.10. The molecule has 0 bridgehead atoms. The molecule has 1 fully saturated rings. The summed E-state index contributed by atoms with van der Waals surface area (Å²) in [6, 6.07) is 8.55. The number of amides is 1. The van der Waals surface area contributed by atoms with Gasteiger partial charge in [0.2, 0.25) is 5.91 Å². The summed E-state index contributed by atoms with van der Waals surface area (Å²) in [7, 11) is 0. The van der Waals surface area contributed by atoms with Crippen LogP contribution in [0.25, 0.3) is 0 Å². The molecule has 0 aliphatic heterocycles. The molecule has 3 atom stereocenters. The van der Waals surface area contributed by atoms with Gasteiger partial charge in [-0.2, -0.15) is 5.26 Å². The molecule has 1 amide bonds. The predicted molar refractivity (Wildman–Crippen MR) is 77.4 cm³/mol. The van der Waals surface area contributed by atoms with Crippen molar-refractivity contribution in [2.45, 2.75) is 26.2 Å². The number of anilines is 1. The highest BCUT2D eigenvalue weighted by molar-refractivity contribution is 5.95. The third kappa shape index (κ3) is 3.40. The van der Waals surface area contributed by atoms with Crippen LogP contribution in [0.2, 0.25) is 0 Å². The van der Waals surface area contributed by atoms with Gasteiger partial charge in [0.25, 0.3) is 0 Å². The van der Waals surface area contributed by atoms with Crippen molar-refractivity contribution in [2.75, 3.05) is 5.32 Å². The molecule has 0 saturated heterocycles. The van der Waals surface area contributed by atoms with Gasteiger partial charge in [-0.15, -0.1) is 0 Å². The fourth-order valence-electron chi connectivity index (χ4n) is 2.90. The highest BCUT2D eigenvalue weighted by Gasteiger charge is 2.42. The van der Waals surface area contributed by atoms with Gasteiger partial charge in [-0.05, 0) is 43.0 Å². The van der Waals surface area contributed by atoms with Crippen molar-refractivity contribution in [1.29, 1.82) is 5.26 Å². The van der Waals surface area contributed by atoms with Gasteiger partial charge in [-0.25, -0.2) is 0 Å². The molecule has 0 spiro atoms. The van der Waals surface area contributed by atoms with Crippen LogP contribution in [0.5, 0.6) is 0 Å². The fourth-order valence-corrected chi connectivity index (χ4v) is 2.90. The molecule has 1 saturated carbocycles. The second-order valence-corrected chi connectivity index (χ2v) is 5.48. The molecular formula is C16H18N2O3. The number of hydrogen-bond acceptors (Lipinski definition) is 3. The van der Waals surface area contributed by atoms with E-state index in [9.17, 15) is 14.7 Å². The normalized spacial score (nSPS) is 24.3. The maximum Gasteiger partial charge on any atom is 0.307 e. The topological polar surface area (TPSA) is 90.2 Å². The van der Waals surface area contributed by atoms with Gasteiger partial charge >= 0.3 is 5.97 Å².